The van der Waals surface area contributed by atoms with Gasteiger partial charge in [-0.1, -0.05) is 44.2 Å². The number of aliphatic carboxylic acids is 2. The van der Waals surface area contributed by atoms with Crippen molar-refractivity contribution in [1.29, 1.82) is 0 Å². The maximum atomic E-state index is 12.1. The Bertz CT molecular complexity index is 683. The molecule has 24 heavy (non-hydrogen) atoms. The Hall–Kier alpha value is -0.930. The molecule has 0 radical (unpaired) electrons. The molecule has 0 spiro atoms. The van der Waals surface area contributed by atoms with Gasteiger partial charge in [0.05, 0.1) is 6.42 Å². The van der Waals surface area contributed by atoms with Gasteiger partial charge >= 0.3 is 41.5 Å². The van der Waals surface area contributed by atoms with Gasteiger partial charge < -0.3 is 10.2 Å². The van der Waals surface area contributed by atoms with Crippen LogP contribution >= 0.6 is 0 Å². The van der Waals surface area contributed by atoms with Crippen molar-refractivity contribution in [2.24, 2.45) is 0 Å². The molecule has 9 heteroatoms. The van der Waals surface area contributed by atoms with Crippen molar-refractivity contribution in [3.05, 3.63) is 35.9 Å². The average Bonchev–Trinajstić information content (AvgIpc) is 2.47. The number of carboxylic acid groups (broad SMARTS) is 2. The van der Waals surface area contributed by atoms with Gasteiger partial charge in [-0.05, 0) is 18.4 Å². The summed E-state index contributed by atoms with van der Waals surface area (Å²) in [5, 5.41) is 18.8. The molecule has 1 atom stereocenters. The standard InChI is InChI=1S/C15H20O7S.Na.H/c1-3-14(4-2,11-8-6-5-7-9-11)15(13(18)19,10-12(16)17)23(20,21)22;;/h5-9H,3-4,10H2,1-2H3,(H,16,17)(H,18,19)(H,20,21,22);;. The Morgan fingerprint density at radius 3 is 1.79 bits per heavy atom. The number of carboxylic acids is 2. The second-order valence-electron chi connectivity index (χ2n) is 5.33. The Kier molecular flexibility index (Phi) is 8.11. The van der Waals surface area contributed by atoms with E-state index in [9.17, 15) is 27.7 Å². The van der Waals surface area contributed by atoms with E-state index in [0.717, 1.165) is 0 Å². The fourth-order valence-electron chi connectivity index (χ4n) is 3.33. The summed E-state index contributed by atoms with van der Waals surface area (Å²) in [7, 11) is -5.23. The molecule has 1 aromatic rings. The molecule has 0 fully saturated rings. The van der Waals surface area contributed by atoms with Crippen molar-refractivity contribution in [1.82, 2.24) is 0 Å². The monoisotopic (exact) mass is 368 g/mol. The molecule has 7 nitrogen and oxygen atoms in total. The Labute approximate surface area is 163 Å². The molecule has 0 amide bonds. The molecule has 0 heterocycles. The predicted octanol–water partition coefficient (Wildman–Crippen LogP) is 1.28. The van der Waals surface area contributed by atoms with Crippen molar-refractivity contribution in [2.75, 3.05) is 0 Å². The van der Waals surface area contributed by atoms with Crippen LogP contribution in [0.1, 0.15) is 38.7 Å². The summed E-state index contributed by atoms with van der Waals surface area (Å²) < 4.78 is 31.0. The Morgan fingerprint density at radius 2 is 1.50 bits per heavy atom. The van der Waals surface area contributed by atoms with Crippen molar-refractivity contribution in [3.8, 4) is 0 Å². The fraction of sp³-hybridized carbons (Fsp3) is 0.467. The van der Waals surface area contributed by atoms with Crippen molar-refractivity contribution in [2.45, 2.75) is 43.3 Å². The van der Waals surface area contributed by atoms with E-state index in [1.54, 1.807) is 32.0 Å². The number of hydrogen-bond acceptors (Lipinski definition) is 4. The van der Waals surface area contributed by atoms with Gasteiger partial charge in [-0.25, -0.2) is 0 Å². The first-order chi connectivity index (χ1) is 10.6. The minimum absolute atomic E-state index is 0. The number of rotatable bonds is 8. The van der Waals surface area contributed by atoms with Gasteiger partial charge in [0.2, 0.25) is 4.75 Å². The summed E-state index contributed by atoms with van der Waals surface area (Å²) in [5.41, 5.74) is -1.24. The van der Waals surface area contributed by atoms with Crippen LogP contribution in [0.5, 0.6) is 0 Å². The van der Waals surface area contributed by atoms with Gasteiger partial charge in [0.1, 0.15) is 0 Å². The zero-order valence-corrected chi connectivity index (χ0v) is 13.7. The second-order valence-corrected chi connectivity index (χ2v) is 6.98. The third kappa shape index (κ3) is 3.67. The first-order valence-electron chi connectivity index (χ1n) is 7.06. The van der Waals surface area contributed by atoms with Crippen LogP contribution in [0.15, 0.2) is 30.3 Å². The van der Waals surface area contributed by atoms with Gasteiger partial charge in [0, 0.05) is 5.41 Å². The predicted molar refractivity (Wildman–Crippen MR) is 90.0 cm³/mol. The quantitative estimate of drug-likeness (QED) is 0.465. The normalized spacial score (nSPS) is 14.3. The maximum absolute atomic E-state index is 12.1. The van der Waals surface area contributed by atoms with Crippen molar-refractivity contribution < 1.29 is 32.8 Å². The van der Waals surface area contributed by atoms with E-state index in [0.29, 0.717) is 5.56 Å². The van der Waals surface area contributed by atoms with E-state index in [1.165, 1.54) is 12.1 Å². The van der Waals surface area contributed by atoms with E-state index in [2.05, 4.69) is 0 Å². The molecule has 0 saturated carbocycles. The molecule has 0 aliphatic carbocycles. The van der Waals surface area contributed by atoms with Crippen LogP contribution in [0.4, 0.5) is 0 Å². The fourth-order valence-corrected chi connectivity index (χ4v) is 4.76. The first-order valence-corrected chi connectivity index (χ1v) is 8.50. The Morgan fingerprint density at radius 1 is 1.04 bits per heavy atom. The van der Waals surface area contributed by atoms with E-state index in [-0.39, 0.29) is 42.4 Å². The molecule has 1 rings (SSSR count). The zero-order valence-electron chi connectivity index (χ0n) is 12.9. The molecule has 0 saturated heterocycles. The zero-order chi connectivity index (χ0) is 17.9. The van der Waals surface area contributed by atoms with Crippen LogP contribution in [0.25, 0.3) is 0 Å². The summed E-state index contributed by atoms with van der Waals surface area (Å²) >= 11 is 0. The summed E-state index contributed by atoms with van der Waals surface area (Å²) in [5.74, 6) is -3.50. The number of hydrogen-bond donors (Lipinski definition) is 3. The molecule has 3 N–H and O–H groups in total. The molecule has 0 aromatic heterocycles. The molecule has 130 valence electrons. The van der Waals surface area contributed by atoms with Crippen LogP contribution in [-0.4, -0.2) is 69.4 Å². The summed E-state index contributed by atoms with van der Waals surface area (Å²) in [6.07, 6.45) is -1.20. The van der Waals surface area contributed by atoms with Crippen LogP contribution in [0.2, 0.25) is 0 Å². The van der Waals surface area contributed by atoms with Gasteiger partial charge in [0.25, 0.3) is 10.1 Å². The molecule has 0 aliphatic rings. The van der Waals surface area contributed by atoms with E-state index < -0.39 is 38.6 Å². The third-order valence-corrected chi connectivity index (χ3v) is 6.08. The van der Waals surface area contributed by atoms with Crippen LogP contribution in [0.3, 0.4) is 0 Å². The van der Waals surface area contributed by atoms with Crippen molar-refractivity contribution >= 4 is 51.6 Å². The molecular weight excluding hydrogens is 347 g/mol. The summed E-state index contributed by atoms with van der Waals surface area (Å²) in [6, 6.07) is 7.96. The minimum atomic E-state index is -5.23. The van der Waals surface area contributed by atoms with Gasteiger partial charge in [-0.15, -0.1) is 0 Å². The van der Waals surface area contributed by atoms with E-state index in [1.807, 2.05) is 0 Å². The molecule has 0 bridgehead atoms. The number of benzene rings is 1. The SMILES string of the molecule is CCC(CC)(c1ccccc1)C(CC(=O)O)(C(=O)O)S(=O)(=O)O.[NaH]. The van der Waals surface area contributed by atoms with E-state index in [4.69, 9.17) is 5.11 Å². The van der Waals surface area contributed by atoms with Gasteiger partial charge in [0.15, 0.2) is 0 Å². The molecule has 1 aromatic carbocycles. The molecule has 1 unspecified atom stereocenters. The Balaban J connectivity index is 0.00000529. The molecule has 0 aliphatic heterocycles. The van der Waals surface area contributed by atoms with Gasteiger partial charge in [-0.3, -0.25) is 14.1 Å². The van der Waals surface area contributed by atoms with Crippen LogP contribution in [0, 0.1) is 0 Å². The summed E-state index contributed by atoms with van der Waals surface area (Å²) in [4.78, 5) is 23.2. The van der Waals surface area contributed by atoms with Crippen molar-refractivity contribution in [3.63, 3.8) is 0 Å². The average molecular weight is 368 g/mol. The topological polar surface area (TPSA) is 129 Å². The second kappa shape index (κ2) is 8.44. The van der Waals surface area contributed by atoms with Crippen LogP contribution in [-0.2, 0) is 25.1 Å². The molecular formula is C15H21NaO7S. The van der Waals surface area contributed by atoms with E-state index >= 15 is 0 Å². The number of carbonyl (C=O) groups is 2. The first kappa shape index (κ1) is 23.1. The third-order valence-electron chi connectivity index (χ3n) is 4.49. The summed E-state index contributed by atoms with van der Waals surface area (Å²) in [6.45, 7) is 3.14. The van der Waals surface area contributed by atoms with Crippen LogP contribution < -0.4 is 0 Å². The van der Waals surface area contributed by atoms with Gasteiger partial charge in [-0.2, -0.15) is 8.42 Å².